The number of aliphatic hydroxyl groups excluding tert-OH is 1. The number of hydrogen-bond donors (Lipinski definition) is 1. The second kappa shape index (κ2) is 12.5. The van der Waals surface area contributed by atoms with E-state index in [0.717, 1.165) is 18.4 Å². The van der Waals surface area contributed by atoms with E-state index in [0.29, 0.717) is 19.4 Å². The number of ether oxygens (including phenoxy) is 2. The van der Waals surface area contributed by atoms with E-state index in [1.54, 1.807) is 15.9 Å². The lowest BCUT2D eigenvalue weighted by Gasteiger charge is -2.40. The van der Waals surface area contributed by atoms with Crippen molar-refractivity contribution in [3.8, 4) is 0 Å². The third-order valence-corrected chi connectivity index (χ3v) is 9.48. The van der Waals surface area contributed by atoms with Crippen LogP contribution in [-0.2, 0) is 30.4 Å². The average Bonchev–Trinajstić information content (AvgIpc) is 3.45. The zero-order valence-electron chi connectivity index (χ0n) is 25.0. The first-order valence-electron chi connectivity index (χ1n) is 14.9. The number of likely N-dealkylation sites (tertiary alicyclic amines) is 1. The van der Waals surface area contributed by atoms with Crippen molar-refractivity contribution >= 4 is 17.8 Å². The van der Waals surface area contributed by atoms with E-state index in [1.165, 1.54) is 0 Å². The highest BCUT2D eigenvalue weighted by molar-refractivity contribution is 5.98. The van der Waals surface area contributed by atoms with Gasteiger partial charge >= 0.3 is 5.97 Å². The molecule has 41 heavy (non-hydrogen) atoms. The minimum absolute atomic E-state index is 0.0891. The van der Waals surface area contributed by atoms with Gasteiger partial charge in [0.05, 0.1) is 30.8 Å². The summed E-state index contributed by atoms with van der Waals surface area (Å²) in [6.45, 7) is 15.9. The molecule has 3 unspecified atom stereocenters. The average molecular weight is 567 g/mol. The Morgan fingerprint density at radius 1 is 1.22 bits per heavy atom. The van der Waals surface area contributed by atoms with Crippen molar-refractivity contribution in [2.24, 2.45) is 23.7 Å². The topological polar surface area (TPSA) is 96.4 Å². The van der Waals surface area contributed by atoms with Crippen LogP contribution in [0, 0.1) is 23.7 Å². The number of unbranched alkanes of at least 4 members (excludes halogenated alkanes) is 2. The molecule has 1 aromatic carbocycles. The van der Waals surface area contributed by atoms with Gasteiger partial charge in [0, 0.05) is 13.1 Å². The van der Waals surface area contributed by atoms with E-state index in [4.69, 9.17) is 9.47 Å². The molecule has 3 aliphatic heterocycles. The number of benzene rings is 1. The van der Waals surface area contributed by atoms with Gasteiger partial charge in [0.2, 0.25) is 11.8 Å². The molecule has 2 amide bonds. The van der Waals surface area contributed by atoms with Crippen molar-refractivity contribution in [3.63, 3.8) is 0 Å². The maximum atomic E-state index is 14.6. The number of nitrogens with zero attached hydrogens (tertiary/aromatic N) is 2. The van der Waals surface area contributed by atoms with Crippen molar-refractivity contribution in [2.75, 3.05) is 19.8 Å². The Morgan fingerprint density at radius 2 is 1.93 bits per heavy atom. The summed E-state index contributed by atoms with van der Waals surface area (Å²) in [6.07, 6.45) is 6.36. The first kappa shape index (κ1) is 31.0. The molecular formula is C33H46N2O6. The van der Waals surface area contributed by atoms with Crippen LogP contribution in [0.2, 0.25) is 0 Å². The van der Waals surface area contributed by atoms with Gasteiger partial charge in [-0.2, -0.15) is 0 Å². The van der Waals surface area contributed by atoms with E-state index in [-0.39, 0.29) is 43.4 Å². The molecule has 8 heteroatoms. The summed E-state index contributed by atoms with van der Waals surface area (Å²) in [5, 5.41) is 10.5. The fourth-order valence-corrected chi connectivity index (χ4v) is 7.31. The van der Waals surface area contributed by atoms with Crippen LogP contribution in [0.1, 0.15) is 58.9 Å². The van der Waals surface area contributed by atoms with Gasteiger partial charge in [-0.1, -0.05) is 63.3 Å². The second-order valence-electron chi connectivity index (χ2n) is 12.4. The van der Waals surface area contributed by atoms with Gasteiger partial charge in [0.1, 0.15) is 17.6 Å². The fraction of sp³-hybridized carbons (Fsp3) is 0.606. The molecule has 8 nitrogen and oxygen atoms in total. The van der Waals surface area contributed by atoms with Gasteiger partial charge in [-0.05, 0) is 50.0 Å². The molecule has 3 heterocycles. The normalized spacial score (nSPS) is 30.8. The molecule has 3 fully saturated rings. The molecule has 0 saturated carbocycles. The van der Waals surface area contributed by atoms with Crippen LogP contribution in [-0.4, -0.2) is 75.7 Å². The highest BCUT2D eigenvalue weighted by Gasteiger charge is 2.80. The van der Waals surface area contributed by atoms with Crippen molar-refractivity contribution in [1.82, 2.24) is 9.80 Å². The summed E-state index contributed by atoms with van der Waals surface area (Å²) in [5.41, 5.74) is -1.20. The van der Waals surface area contributed by atoms with Crippen LogP contribution in [0.3, 0.4) is 0 Å². The Hall–Kier alpha value is -2.97. The Balaban J connectivity index is 1.75. The Kier molecular flexibility index (Phi) is 9.44. The maximum absolute atomic E-state index is 14.6. The van der Waals surface area contributed by atoms with Crippen LogP contribution >= 0.6 is 0 Å². The number of aliphatic hydroxyl groups is 1. The molecule has 1 aromatic rings. The molecule has 4 rings (SSSR count). The lowest BCUT2D eigenvalue weighted by Crippen LogP contribution is -2.59. The molecular weight excluding hydrogens is 520 g/mol. The van der Waals surface area contributed by atoms with Crippen LogP contribution in [0.5, 0.6) is 0 Å². The second-order valence-corrected chi connectivity index (χ2v) is 12.4. The standard InChI is InChI=1S/C33H46N2O6/c1-7-9-10-14-18-40-31(39)27-26-29(37)35(25(21-36)22(3)4)28(33(26)19-23(5)32(27,6)41-33)30(38)34(17-8-2)20-24-15-12-11-13-16-24/h7-8,11-13,15-16,22-23,25-28,36H,1-2,9-10,14,17-21H2,3-6H3/t23?,25-,26-,27-,28?,32+,33?/m0/s1. The number of esters is 1. The highest BCUT2D eigenvalue weighted by Crippen LogP contribution is 2.65. The lowest BCUT2D eigenvalue weighted by atomic mass is 9.62. The minimum atomic E-state index is -1.20. The number of amides is 2. The molecule has 1 N–H and O–H groups in total. The smallest absolute Gasteiger partial charge is 0.312 e. The number of fused-ring (bicyclic) bond motifs is 1. The molecule has 0 aliphatic carbocycles. The fourth-order valence-electron chi connectivity index (χ4n) is 7.31. The number of hydrogen-bond acceptors (Lipinski definition) is 6. The van der Waals surface area contributed by atoms with Gasteiger partial charge in [-0.3, -0.25) is 14.4 Å². The van der Waals surface area contributed by atoms with Gasteiger partial charge in [-0.15, -0.1) is 13.2 Å². The zero-order chi connectivity index (χ0) is 29.9. The molecule has 2 bridgehead atoms. The predicted molar refractivity (Wildman–Crippen MR) is 156 cm³/mol. The maximum Gasteiger partial charge on any atom is 0.312 e. The molecule has 3 aliphatic rings. The van der Waals surface area contributed by atoms with E-state index in [2.05, 4.69) is 13.2 Å². The van der Waals surface area contributed by atoms with Crippen LogP contribution < -0.4 is 0 Å². The van der Waals surface area contributed by atoms with Crippen LogP contribution in [0.4, 0.5) is 0 Å². The Labute approximate surface area is 244 Å². The Morgan fingerprint density at radius 3 is 2.54 bits per heavy atom. The monoisotopic (exact) mass is 566 g/mol. The number of rotatable bonds is 14. The minimum Gasteiger partial charge on any atom is -0.465 e. The van der Waals surface area contributed by atoms with E-state index >= 15 is 0 Å². The van der Waals surface area contributed by atoms with Crippen LogP contribution in [0.25, 0.3) is 0 Å². The van der Waals surface area contributed by atoms with E-state index < -0.39 is 41.1 Å². The number of carbonyl (C=O) groups excluding carboxylic acids is 3. The quantitative estimate of drug-likeness (QED) is 0.207. The SMILES string of the molecule is C=CCCCCOC(=O)[C@@H]1[C@H]2C(=O)N([C@@H](CO)C(C)C)C(C(=O)N(CC=C)Cc3ccccc3)C23CC(C)[C@@]1(C)O3. The molecule has 3 saturated heterocycles. The van der Waals surface area contributed by atoms with Gasteiger partial charge in [0.15, 0.2) is 0 Å². The van der Waals surface area contributed by atoms with Gasteiger partial charge in [0.25, 0.3) is 0 Å². The highest BCUT2D eigenvalue weighted by atomic mass is 16.6. The van der Waals surface area contributed by atoms with Crippen molar-refractivity contribution in [1.29, 1.82) is 0 Å². The van der Waals surface area contributed by atoms with E-state index in [9.17, 15) is 19.5 Å². The Bertz CT molecular complexity index is 1140. The number of carbonyl (C=O) groups is 3. The third-order valence-electron chi connectivity index (χ3n) is 9.48. The molecule has 224 valence electrons. The molecule has 1 spiro atoms. The first-order valence-corrected chi connectivity index (χ1v) is 14.9. The van der Waals surface area contributed by atoms with Crippen molar-refractivity contribution < 1.29 is 29.0 Å². The molecule has 0 radical (unpaired) electrons. The first-order chi connectivity index (χ1) is 19.6. The number of allylic oxidation sites excluding steroid dienone is 1. The summed E-state index contributed by atoms with van der Waals surface area (Å²) in [6, 6.07) is 8.07. The lowest BCUT2D eigenvalue weighted by molar-refractivity contribution is -0.164. The third kappa shape index (κ3) is 5.37. The summed E-state index contributed by atoms with van der Waals surface area (Å²) in [7, 11) is 0. The van der Waals surface area contributed by atoms with Crippen LogP contribution in [0.15, 0.2) is 55.6 Å². The molecule has 0 aromatic heterocycles. The zero-order valence-corrected chi connectivity index (χ0v) is 25.0. The predicted octanol–water partition coefficient (Wildman–Crippen LogP) is 4.13. The summed E-state index contributed by atoms with van der Waals surface area (Å²) >= 11 is 0. The van der Waals surface area contributed by atoms with Crippen molar-refractivity contribution in [3.05, 3.63) is 61.2 Å². The van der Waals surface area contributed by atoms with Gasteiger partial charge in [-0.25, -0.2) is 0 Å². The largest absolute Gasteiger partial charge is 0.465 e. The van der Waals surface area contributed by atoms with Gasteiger partial charge < -0.3 is 24.4 Å². The summed E-state index contributed by atoms with van der Waals surface area (Å²) in [4.78, 5) is 46.0. The van der Waals surface area contributed by atoms with Crippen molar-refractivity contribution in [2.45, 2.75) is 83.2 Å². The summed E-state index contributed by atoms with van der Waals surface area (Å²) < 4.78 is 12.6. The molecule has 7 atom stereocenters. The summed E-state index contributed by atoms with van der Waals surface area (Å²) in [5.74, 6) is -2.97. The van der Waals surface area contributed by atoms with E-state index in [1.807, 2.05) is 64.1 Å².